The quantitative estimate of drug-likeness (QED) is 0.240. The van der Waals surface area contributed by atoms with Crippen molar-refractivity contribution in [1.82, 2.24) is 19.7 Å². The van der Waals surface area contributed by atoms with Crippen molar-refractivity contribution in [2.24, 2.45) is 0 Å². The van der Waals surface area contributed by atoms with E-state index in [2.05, 4.69) is 39.0 Å². The monoisotopic (exact) mass is 574 g/mol. The molecule has 2 amide bonds. The number of amides is 2. The van der Waals surface area contributed by atoms with Gasteiger partial charge < -0.3 is 24.8 Å². The van der Waals surface area contributed by atoms with Crippen LogP contribution in [0.5, 0.6) is 5.75 Å². The van der Waals surface area contributed by atoms with Gasteiger partial charge >= 0.3 is 0 Å². The van der Waals surface area contributed by atoms with Gasteiger partial charge in [-0.2, -0.15) is 0 Å². The van der Waals surface area contributed by atoms with Crippen molar-refractivity contribution < 1.29 is 14.7 Å². The number of carbonyl (C=O) groups excluding carboxylic acids is 2. The van der Waals surface area contributed by atoms with Crippen LogP contribution in [0.3, 0.4) is 0 Å². The van der Waals surface area contributed by atoms with Crippen LogP contribution in [0, 0.1) is 0 Å². The molecule has 1 aliphatic heterocycles. The minimum Gasteiger partial charge on any atom is -0.508 e. The number of phenols is 1. The Morgan fingerprint density at radius 1 is 0.951 bits per heavy atom. The third-order valence-corrected chi connectivity index (χ3v) is 7.71. The number of nitrogens with zero attached hydrogens (tertiary/aromatic N) is 3. The molecule has 41 heavy (non-hydrogen) atoms. The van der Waals surface area contributed by atoms with Crippen molar-refractivity contribution in [3.63, 3.8) is 0 Å². The fourth-order valence-electron chi connectivity index (χ4n) is 5.73. The number of rotatable bonds is 11. The number of fused-ring (bicyclic) bond motifs is 1. The SMILES string of the molecule is CN(C)CCn1c(C(=O)NCCCN2CCCC2=O)c(C(c2ccccc2)c2ccc(O)cc2)c2ccccc21.Cl. The van der Waals surface area contributed by atoms with Gasteiger partial charge in [-0.25, -0.2) is 0 Å². The lowest BCUT2D eigenvalue weighted by Gasteiger charge is -2.22. The summed E-state index contributed by atoms with van der Waals surface area (Å²) in [5.74, 6) is 0.0862. The summed E-state index contributed by atoms with van der Waals surface area (Å²) in [6.07, 6.45) is 2.25. The van der Waals surface area contributed by atoms with Crippen molar-refractivity contribution in [3.05, 3.63) is 101 Å². The first kappa shape index (κ1) is 30.2. The molecule has 1 unspecified atom stereocenters. The molecule has 2 N–H and O–H groups in total. The van der Waals surface area contributed by atoms with Crippen LogP contribution in [0.2, 0.25) is 0 Å². The molecular formula is C33H39ClN4O3. The highest BCUT2D eigenvalue weighted by Gasteiger charge is 2.30. The molecule has 1 aromatic heterocycles. The van der Waals surface area contributed by atoms with Crippen LogP contribution in [-0.4, -0.2) is 71.6 Å². The molecule has 0 radical (unpaired) electrons. The number of likely N-dealkylation sites (tertiary alicyclic amines) is 1. The van der Waals surface area contributed by atoms with Crippen molar-refractivity contribution in [2.75, 3.05) is 40.3 Å². The van der Waals surface area contributed by atoms with Crippen molar-refractivity contribution in [1.29, 1.82) is 0 Å². The number of carbonyl (C=O) groups is 2. The highest BCUT2D eigenvalue weighted by Crippen LogP contribution is 2.40. The number of aromatic nitrogens is 1. The molecule has 1 aliphatic rings. The van der Waals surface area contributed by atoms with E-state index in [-0.39, 0.29) is 35.9 Å². The van der Waals surface area contributed by atoms with E-state index in [1.807, 2.05) is 61.5 Å². The smallest absolute Gasteiger partial charge is 0.268 e. The van der Waals surface area contributed by atoms with Crippen LogP contribution in [-0.2, 0) is 11.3 Å². The summed E-state index contributed by atoms with van der Waals surface area (Å²) in [5, 5.41) is 14.3. The van der Waals surface area contributed by atoms with E-state index in [1.165, 1.54) is 0 Å². The zero-order chi connectivity index (χ0) is 28.1. The predicted octanol–water partition coefficient (Wildman–Crippen LogP) is 5.25. The molecule has 2 heterocycles. The average molecular weight is 575 g/mol. The Morgan fingerprint density at radius 3 is 2.32 bits per heavy atom. The molecule has 0 spiro atoms. The first-order valence-corrected chi connectivity index (χ1v) is 14.1. The van der Waals surface area contributed by atoms with Gasteiger partial charge in [0.25, 0.3) is 5.91 Å². The van der Waals surface area contributed by atoms with Crippen molar-refractivity contribution in [2.45, 2.75) is 31.7 Å². The molecule has 1 saturated heterocycles. The van der Waals surface area contributed by atoms with E-state index in [0.717, 1.165) is 47.1 Å². The second-order valence-corrected chi connectivity index (χ2v) is 10.8. The highest BCUT2D eigenvalue weighted by atomic mass is 35.5. The van der Waals surface area contributed by atoms with Crippen LogP contribution in [0.1, 0.15) is 52.4 Å². The summed E-state index contributed by atoms with van der Waals surface area (Å²) in [7, 11) is 4.07. The Balaban J connectivity index is 0.00000387. The molecule has 1 atom stereocenters. The minimum atomic E-state index is -0.213. The van der Waals surface area contributed by atoms with E-state index >= 15 is 0 Å². The lowest BCUT2D eigenvalue weighted by molar-refractivity contribution is -0.127. The van der Waals surface area contributed by atoms with E-state index in [1.54, 1.807) is 12.1 Å². The van der Waals surface area contributed by atoms with Gasteiger partial charge in [-0.3, -0.25) is 9.59 Å². The summed E-state index contributed by atoms with van der Waals surface area (Å²) in [5.41, 5.74) is 4.71. The van der Waals surface area contributed by atoms with Gasteiger partial charge in [-0.05, 0) is 56.3 Å². The van der Waals surface area contributed by atoms with E-state index in [4.69, 9.17) is 0 Å². The molecule has 0 bridgehead atoms. The number of benzene rings is 3. The molecule has 7 nitrogen and oxygen atoms in total. The predicted molar refractivity (Wildman–Crippen MR) is 166 cm³/mol. The van der Waals surface area contributed by atoms with Gasteiger partial charge in [0.15, 0.2) is 0 Å². The van der Waals surface area contributed by atoms with Gasteiger partial charge in [-0.1, -0.05) is 60.7 Å². The van der Waals surface area contributed by atoms with Crippen LogP contribution >= 0.6 is 12.4 Å². The van der Waals surface area contributed by atoms with Crippen LogP contribution < -0.4 is 5.32 Å². The second-order valence-electron chi connectivity index (χ2n) is 10.8. The summed E-state index contributed by atoms with van der Waals surface area (Å²) >= 11 is 0. The molecule has 4 aromatic rings. The Morgan fingerprint density at radius 2 is 1.63 bits per heavy atom. The molecular weight excluding hydrogens is 536 g/mol. The van der Waals surface area contributed by atoms with E-state index in [0.29, 0.717) is 38.2 Å². The fraction of sp³-hybridized carbons (Fsp3) is 0.333. The zero-order valence-corrected chi connectivity index (χ0v) is 24.6. The molecule has 5 rings (SSSR count). The maximum atomic E-state index is 14.1. The maximum absolute atomic E-state index is 14.1. The second kappa shape index (κ2) is 13.7. The summed E-state index contributed by atoms with van der Waals surface area (Å²) in [6, 6.07) is 25.7. The molecule has 3 aromatic carbocycles. The number of hydrogen-bond acceptors (Lipinski definition) is 4. The fourth-order valence-corrected chi connectivity index (χ4v) is 5.73. The Kier molecular flexibility index (Phi) is 10.1. The van der Waals surface area contributed by atoms with Crippen molar-refractivity contribution in [3.8, 4) is 5.75 Å². The topological polar surface area (TPSA) is 77.8 Å². The lowest BCUT2D eigenvalue weighted by atomic mass is 9.83. The molecule has 1 fully saturated rings. The molecule has 0 saturated carbocycles. The molecule has 216 valence electrons. The Hall–Kier alpha value is -3.81. The Bertz CT molecular complexity index is 1470. The molecule has 0 aliphatic carbocycles. The van der Waals surface area contributed by atoms with Crippen LogP contribution in [0.4, 0.5) is 0 Å². The number of para-hydroxylation sites is 1. The third-order valence-electron chi connectivity index (χ3n) is 7.71. The number of aromatic hydroxyl groups is 1. The van der Waals surface area contributed by atoms with E-state index in [9.17, 15) is 14.7 Å². The van der Waals surface area contributed by atoms with E-state index < -0.39 is 0 Å². The first-order valence-electron chi connectivity index (χ1n) is 14.1. The summed E-state index contributed by atoms with van der Waals surface area (Å²) in [6.45, 7) is 3.41. The normalized spacial score (nSPS) is 13.9. The van der Waals surface area contributed by atoms with Gasteiger partial charge in [0.05, 0.1) is 0 Å². The lowest BCUT2D eigenvalue weighted by Crippen LogP contribution is -2.32. The Labute approximate surface area is 248 Å². The van der Waals surface area contributed by atoms with Gasteiger partial charge in [0, 0.05) is 61.5 Å². The maximum Gasteiger partial charge on any atom is 0.268 e. The third kappa shape index (κ3) is 6.75. The number of hydrogen-bond donors (Lipinski definition) is 2. The minimum absolute atomic E-state index is 0. The number of phenolic OH excluding ortho intramolecular Hbond substituents is 1. The van der Waals surface area contributed by atoms with Gasteiger partial charge in [0.2, 0.25) is 5.91 Å². The van der Waals surface area contributed by atoms with Gasteiger partial charge in [-0.15, -0.1) is 12.4 Å². The summed E-state index contributed by atoms with van der Waals surface area (Å²) in [4.78, 5) is 30.2. The van der Waals surface area contributed by atoms with Crippen LogP contribution in [0.25, 0.3) is 10.9 Å². The van der Waals surface area contributed by atoms with Crippen molar-refractivity contribution >= 4 is 35.1 Å². The number of likely N-dealkylation sites (N-methyl/N-ethyl adjacent to an activating group) is 1. The summed E-state index contributed by atoms with van der Waals surface area (Å²) < 4.78 is 2.15. The first-order chi connectivity index (χ1) is 19.4. The standard InChI is InChI=1S/C33H38N4O3.ClH/c1-35(2)22-23-37-28-13-7-6-12-27(28)31(32(37)33(40)34-19-9-21-36-20-8-14-29(36)39)30(24-10-4-3-5-11-24)25-15-17-26(38)18-16-25;/h3-7,10-13,15-18,30,38H,8-9,14,19-23H2,1-2H3,(H,34,40);1H. The number of halogens is 1. The largest absolute Gasteiger partial charge is 0.508 e. The average Bonchev–Trinajstić information content (AvgIpc) is 3.52. The van der Waals surface area contributed by atoms with Gasteiger partial charge in [0.1, 0.15) is 11.4 Å². The van der Waals surface area contributed by atoms with Crippen LogP contribution in [0.15, 0.2) is 78.9 Å². The number of nitrogens with one attached hydrogen (secondary N) is 1. The highest BCUT2D eigenvalue weighted by molar-refractivity contribution is 6.03. The molecule has 8 heteroatoms. The zero-order valence-electron chi connectivity index (χ0n) is 23.8.